The molecule has 2 aromatic carbocycles. The van der Waals surface area contributed by atoms with Gasteiger partial charge in [-0.2, -0.15) is 0 Å². The summed E-state index contributed by atoms with van der Waals surface area (Å²) in [5, 5.41) is 3.41. The van der Waals surface area contributed by atoms with Gasteiger partial charge in [0.1, 0.15) is 5.75 Å². The fourth-order valence-electron chi connectivity index (χ4n) is 5.71. The van der Waals surface area contributed by atoms with Gasteiger partial charge < -0.3 is 19.7 Å². The van der Waals surface area contributed by atoms with Crippen molar-refractivity contribution in [1.82, 2.24) is 10.2 Å². The van der Waals surface area contributed by atoms with Gasteiger partial charge in [-0.15, -0.1) is 0 Å². The van der Waals surface area contributed by atoms with Gasteiger partial charge in [-0.05, 0) is 24.5 Å². The summed E-state index contributed by atoms with van der Waals surface area (Å²) < 4.78 is 11.3. The molecule has 0 unspecified atom stereocenters. The SMILES string of the molecule is COc1cc(N2CCOCC2)ccc1CN1C[C@@H](c2ccccc2)[C@@]2(CCCC(=O)N2)C1. The number of hydrogen-bond donors (Lipinski definition) is 1. The number of amides is 1. The molecule has 0 aliphatic carbocycles. The number of likely N-dealkylation sites (tertiary alicyclic amines) is 1. The third-order valence-corrected chi connectivity index (χ3v) is 7.27. The highest BCUT2D eigenvalue weighted by molar-refractivity contribution is 5.78. The summed E-state index contributed by atoms with van der Waals surface area (Å²) in [4.78, 5) is 17.2. The quantitative estimate of drug-likeness (QED) is 0.782. The van der Waals surface area contributed by atoms with Crippen molar-refractivity contribution >= 4 is 11.6 Å². The molecule has 3 saturated heterocycles. The van der Waals surface area contributed by atoms with Gasteiger partial charge in [0.15, 0.2) is 0 Å². The standard InChI is InChI=1S/C26H33N3O3/c1-31-24-16-22(29-12-14-32-15-13-29)10-9-21(24)17-28-18-23(20-6-3-2-4-7-20)26(19-28)11-5-8-25(30)27-26/h2-4,6-7,9-10,16,23H,5,8,11-15,17-19H2,1H3,(H,27,30)/t23-,26+/m0/s1. The molecule has 0 radical (unpaired) electrons. The van der Waals surface area contributed by atoms with Crippen molar-refractivity contribution in [2.45, 2.75) is 37.3 Å². The molecule has 0 aromatic heterocycles. The van der Waals surface area contributed by atoms with Gasteiger partial charge in [0.25, 0.3) is 0 Å². The second kappa shape index (κ2) is 9.12. The van der Waals surface area contributed by atoms with Crippen molar-refractivity contribution in [3.8, 4) is 5.75 Å². The molecule has 3 fully saturated rings. The Labute approximate surface area is 190 Å². The van der Waals surface area contributed by atoms with Crippen LogP contribution in [-0.2, 0) is 16.1 Å². The molecule has 3 aliphatic rings. The van der Waals surface area contributed by atoms with Gasteiger partial charge >= 0.3 is 0 Å². The lowest BCUT2D eigenvalue weighted by Gasteiger charge is -2.39. The molecule has 3 heterocycles. The van der Waals surface area contributed by atoms with E-state index in [0.29, 0.717) is 12.3 Å². The molecule has 1 N–H and O–H groups in total. The molecule has 0 saturated carbocycles. The number of nitrogens with zero attached hydrogens (tertiary/aromatic N) is 2. The lowest BCUT2D eigenvalue weighted by molar-refractivity contribution is -0.125. The molecule has 1 spiro atoms. The monoisotopic (exact) mass is 435 g/mol. The van der Waals surface area contributed by atoms with E-state index in [1.54, 1.807) is 7.11 Å². The number of rotatable bonds is 5. The first-order valence-corrected chi connectivity index (χ1v) is 11.7. The Hall–Kier alpha value is -2.57. The van der Waals surface area contributed by atoms with Crippen LogP contribution in [0.4, 0.5) is 5.69 Å². The lowest BCUT2D eigenvalue weighted by atomic mass is 9.76. The van der Waals surface area contributed by atoms with Crippen LogP contribution in [0.5, 0.6) is 5.75 Å². The zero-order chi connectivity index (χ0) is 22.0. The summed E-state index contributed by atoms with van der Waals surface area (Å²) in [7, 11) is 1.75. The molecule has 0 bridgehead atoms. The Kier molecular flexibility index (Phi) is 6.07. The summed E-state index contributed by atoms with van der Waals surface area (Å²) in [5.41, 5.74) is 3.51. The Morgan fingerprint density at radius 1 is 1.16 bits per heavy atom. The Bertz CT molecular complexity index is 945. The van der Waals surface area contributed by atoms with Gasteiger partial charge in [-0.3, -0.25) is 9.69 Å². The van der Waals surface area contributed by atoms with Crippen LogP contribution in [0.2, 0.25) is 0 Å². The maximum atomic E-state index is 12.4. The summed E-state index contributed by atoms with van der Waals surface area (Å²) in [5.74, 6) is 1.41. The number of hydrogen-bond acceptors (Lipinski definition) is 5. The van der Waals surface area contributed by atoms with Gasteiger partial charge in [0.05, 0.1) is 25.9 Å². The second-order valence-corrected chi connectivity index (χ2v) is 9.29. The number of carbonyl (C=O) groups is 1. The average Bonchev–Trinajstić information content (AvgIpc) is 3.17. The summed E-state index contributed by atoms with van der Waals surface area (Å²) in [6, 6.07) is 17.2. The van der Waals surface area contributed by atoms with Crippen LogP contribution in [0, 0.1) is 0 Å². The highest BCUT2D eigenvalue weighted by atomic mass is 16.5. The Balaban J connectivity index is 1.37. The van der Waals surface area contributed by atoms with Crippen molar-refractivity contribution in [1.29, 1.82) is 0 Å². The van der Waals surface area contributed by atoms with E-state index >= 15 is 0 Å². The number of anilines is 1. The number of morpholine rings is 1. The van der Waals surface area contributed by atoms with Crippen molar-refractivity contribution in [3.05, 3.63) is 59.7 Å². The number of ether oxygens (including phenoxy) is 2. The molecular weight excluding hydrogens is 402 g/mol. The third kappa shape index (κ3) is 4.21. The first kappa shape index (κ1) is 21.3. The van der Waals surface area contributed by atoms with E-state index in [9.17, 15) is 4.79 Å². The van der Waals surface area contributed by atoms with E-state index < -0.39 is 0 Å². The number of benzene rings is 2. The number of methoxy groups -OCH3 is 1. The highest BCUT2D eigenvalue weighted by Crippen LogP contribution is 2.42. The van der Waals surface area contributed by atoms with Gasteiger partial charge in [-0.1, -0.05) is 36.4 Å². The molecule has 5 rings (SSSR count). The van der Waals surface area contributed by atoms with Crippen LogP contribution in [0.15, 0.2) is 48.5 Å². The van der Waals surface area contributed by atoms with E-state index in [4.69, 9.17) is 9.47 Å². The number of piperidine rings is 1. The van der Waals surface area contributed by atoms with Gasteiger partial charge in [-0.25, -0.2) is 0 Å². The first-order chi connectivity index (χ1) is 15.7. The molecule has 170 valence electrons. The number of carbonyl (C=O) groups excluding carboxylic acids is 1. The summed E-state index contributed by atoms with van der Waals surface area (Å²) in [6.45, 7) is 5.98. The largest absolute Gasteiger partial charge is 0.496 e. The average molecular weight is 436 g/mol. The molecule has 2 atom stereocenters. The smallest absolute Gasteiger partial charge is 0.220 e. The normalized spacial score (nSPS) is 26.3. The Morgan fingerprint density at radius 2 is 1.97 bits per heavy atom. The fourth-order valence-corrected chi connectivity index (χ4v) is 5.71. The predicted molar refractivity (Wildman–Crippen MR) is 125 cm³/mol. The van der Waals surface area contributed by atoms with Crippen LogP contribution < -0.4 is 15.0 Å². The zero-order valence-corrected chi connectivity index (χ0v) is 18.9. The maximum Gasteiger partial charge on any atom is 0.220 e. The van der Waals surface area contributed by atoms with Crippen molar-refractivity contribution < 1.29 is 14.3 Å². The second-order valence-electron chi connectivity index (χ2n) is 9.29. The van der Waals surface area contributed by atoms with E-state index in [1.165, 1.54) is 16.8 Å². The zero-order valence-electron chi connectivity index (χ0n) is 18.9. The van der Waals surface area contributed by atoms with Crippen LogP contribution in [-0.4, -0.2) is 62.8 Å². The van der Waals surface area contributed by atoms with Crippen LogP contribution >= 0.6 is 0 Å². The summed E-state index contributed by atoms with van der Waals surface area (Å²) in [6.07, 6.45) is 2.63. The topological polar surface area (TPSA) is 54.0 Å². The number of nitrogens with one attached hydrogen (secondary N) is 1. The van der Waals surface area contributed by atoms with Crippen LogP contribution in [0.25, 0.3) is 0 Å². The minimum Gasteiger partial charge on any atom is -0.496 e. The lowest BCUT2D eigenvalue weighted by Crippen LogP contribution is -2.56. The van der Waals surface area contributed by atoms with E-state index in [2.05, 4.69) is 63.6 Å². The summed E-state index contributed by atoms with van der Waals surface area (Å²) >= 11 is 0. The fraction of sp³-hybridized carbons (Fsp3) is 0.500. The molecule has 32 heavy (non-hydrogen) atoms. The molecule has 2 aromatic rings. The molecule has 3 aliphatic heterocycles. The van der Waals surface area contributed by atoms with Gasteiger partial charge in [0, 0.05) is 62.4 Å². The van der Waals surface area contributed by atoms with E-state index in [1.807, 2.05) is 0 Å². The van der Waals surface area contributed by atoms with E-state index in [0.717, 1.165) is 64.5 Å². The van der Waals surface area contributed by atoms with E-state index in [-0.39, 0.29) is 11.4 Å². The van der Waals surface area contributed by atoms with Crippen molar-refractivity contribution in [2.24, 2.45) is 0 Å². The first-order valence-electron chi connectivity index (χ1n) is 11.7. The molecule has 6 nitrogen and oxygen atoms in total. The molecule has 1 amide bonds. The molecular formula is C26H33N3O3. The minimum atomic E-state index is -0.183. The van der Waals surface area contributed by atoms with Crippen molar-refractivity contribution in [2.75, 3.05) is 51.4 Å². The Morgan fingerprint density at radius 3 is 2.72 bits per heavy atom. The molecule has 6 heteroatoms. The third-order valence-electron chi connectivity index (χ3n) is 7.27. The van der Waals surface area contributed by atoms with Crippen molar-refractivity contribution in [3.63, 3.8) is 0 Å². The van der Waals surface area contributed by atoms with Gasteiger partial charge in [0.2, 0.25) is 5.91 Å². The predicted octanol–water partition coefficient (Wildman–Crippen LogP) is 3.17. The minimum absolute atomic E-state index is 0.183. The van der Waals surface area contributed by atoms with Crippen LogP contribution in [0.3, 0.4) is 0 Å². The van der Waals surface area contributed by atoms with Crippen LogP contribution in [0.1, 0.15) is 36.3 Å². The maximum absolute atomic E-state index is 12.4. The highest BCUT2D eigenvalue weighted by Gasteiger charge is 2.49.